The number of amides is 1. The Hall–Kier alpha value is -2.62. The second-order valence-electron chi connectivity index (χ2n) is 5.61. The first kappa shape index (κ1) is 16.7. The Morgan fingerprint density at radius 1 is 1.04 bits per heavy atom. The Kier molecular flexibility index (Phi) is 5.16. The number of aryl methyl sites for hydroxylation is 2. The van der Waals surface area contributed by atoms with Crippen molar-refractivity contribution in [3.8, 4) is 5.75 Å². The smallest absolute Gasteiger partial charge is 0.265 e. The molecule has 2 aromatic carbocycles. The Morgan fingerprint density at radius 3 is 2.26 bits per heavy atom. The Morgan fingerprint density at radius 2 is 1.65 bits per heavy atom. The van der Waals surface area contributed by atoms with E-state index < -0.39 is 6.10 Å². The van der Waals surface area contributed by atoms with E-state index in [4.69, 9.17) is 4.74 Å². The van der Waals surface area contributed by atoms with Gasteiger partial charge in [0, 0.05) is 11.3 Å². The highest BCUT2D eigenvalue weighted by Crippen LogP contribution is 2.24. The van der Waals surface area contributed by atoms with E-state index in [0.717, 1.165) is 16.9 Å². The summed E-state index contributed by atoms with van der Waals surface area (Å²) >= 11 is 0. The van der Waals surface area contributed by atoms with Crippen molar-refractivity contribution in [2.24, 2.45) is 0 Å². The van der Waals surface area contributed by atoms with Crippen molar-refractivity contribution in [2.75, 3.05) is 5.32 Å². The van der Waals surface area contributed by atoms with Crippen LogP contribution in [-0.4, -0.2) is 17.8 Å². The minimum atomic E-state index is -0.643. The summed E-state index contributed by atoms with van der Waals surface area (Å²) in [5.74, 6) is 0.432. The van der Waals surface area contributed by atoms with Gasteiger partial charge in [-0.3, -0.25) is 9.59 Å². The van der Waals surface area contributed by atoms with Crippen molar-refractivity contribution >= 4 is 17.4 Å². The maximum atomic E-state index is 12.3. The fourth-order valence-corrected chi connectivity index (χ4v) is 2.28. The van der Waals surface area contributed by atoms with Crippen LogP contribution in [0.3, 0.4) is 0 Å². The average Bonchev–Trinajstić information content (AvgIpc) is 2.51. The normalized spacial score (nSPS) is 11.7. The van der Waals surface area contributed by atoms with Gasteiger partial charge in [0.05, 0.1) is 0 Å². The molecule has 0 spiro atoms. The maximum Gasteiger partial charge on any atom is 0.265 e. The number of hydrogen-bond acceptors (Lipinski definition) is 3. The highest BCUT2D eigenvalue weighted by molar-refractivity contribution is 5.98. The van der Waals surface area contributed by atoms with Gasteiger partial charge in [-0.25, -0.2) is 0 Å². The van der Waals surface area contributed by atoms with E-state index >= 15 is 0 Å². The van der Waals surface area contributed by atoms with Gasteiger partial charge in [-0.05, 0) is 51.0 Å². The predicted octanol–water partition coefficient (Wildman–Crippen LogP) is 3.91. The zero-order valence-corrected chi connectivity index (χ0v) is 13.8. The van der Waals surface area contributed by atoms with Crippen molar-refractivity contribution in [1.29, 1.82) is 0 Å². The largest absolute Gasteiger partial charge is 0.480 e. The van der Waals surface area contributed by atoms with Crippen molar-refractivity contribution in [3.05, 3.63) is 59.2 Å². The fraction of sp³-hybridized carbons (Fsp3) is 0.263. The summed E-state index contributed by atoms with van der Waals surface area (Å²) in [6.07, 6.45) is -0.643. The minimum Gasteiger partial charge on any atom is -0.480 e. The summed E-state index contributed by atoms with van der Waals surface area (Å²) in [5.41, 5.74) is 3.12. The van der Waals surface area contributed by atoms with Crippen molar-refractivity contribution in [3.63, 3.8) is 0 Å². The number of nitrogens with one attached hydrogen (secondary N) is 1. The number of para-hydroxylation sites is 1. The quantitative estimate of drug-likeness (QED) is 0.852. The van der Waals surface area contributed by atoms with Crippen LogP contribution < -0.4 is 10.1 Å². The molecule has 0 aliphatic rings. The summed E-state index contributed by atoms with van der Waals surface area (Å²) in [7, 11) is 0. The standard InChI is InChI=1S/C19H21NO3/c1-12-7-5-8-13(2)18(12)23-15(4)19(22)20-17-10-6-9-16(11-17)14(3)21/h5-11,15H,1-4H3,(H,20,22). The van der Waals surface area contributed by atoms with Crippen LogP contribution in [0.2, 0.25) is 0 Å². The number of anilines is 1. The molecule has 4 heteroatoms. The van der Waals surface area contributed by atoms with Crippen LogP contribution in [0, 0.1) is 13.8 Å². The lowest BCUT2D eigenvalue weighted by Crippen LogP contribution is -2.30. The van der Waals surface area contributed by atoms with Crippen LogP contribution in [0.5, 0.6) is 5.75 Å². The first-order valence-corrected chi connectivity index (χ1v) is 7.53. The number of benzene rings is 2. The SMILES string of the molecule is CC(=O)c1cccc(NC(=O)C(C)Oc2c(C)cccc2C)c1. The fourth-order valence-electron chi connectivity index (χ4n) is 2.28. The second kappa shape index (κ2) is 7.09. The molecule has 2 aromatic rings. The molecule has 1 atom stereocenters. The van der Waals surface area contributed by atoms with Gasteiger partial charge in [-0.2, -0.15) is 0 Å². The highest BCUT2D eigenvalue weighted by Gasteiger charge is 2.17. The van der Waals surface area contributed by atoms with Crippen LogP contribution >= 0.6 is 0 Å². The first-order chi connectivity index (χ1) is 10.9. The number of hydrogen-bond donors (Lipinski definition) is 1. The van der Waals surface area contributed by atoms with Crippen molar-refractivity contribution in [1.82, 2.24) is 0 Å². The Bertz CT molecular complexity index is 717. The van der Waals surface area contributed by atoms with Crippen molar-refractivity contribution < 1.29 is 14.3 Å². The monoisotopic (exact) mass is 311 g/mol. The number of Topliss-reactive ketones (excluding diaryl/α,β-unsaturated/α-hetero) is 1. The van der Waals surface area contributed by atoms with E-state index in [9.17, 15) is 9.59 Å². The molecule has 0 saturated carbocycles. The maximum absolute atomic E-state index is 12.3. The summed E-state index contributed by atoms with van der Waals surface area (Å²) in [6.45, 7) is 7.09. The van der Waals surface area contributed by atoms with Gasteiger partial charge in [-0.1, -0.05) is 30.3 Å². The van der Waals surface area contributed by atoms with Gasteiger partial charge in [0.2, 0.25) is 0 Å². The molecule has 2 rings (SSSR count). The average molecular weight is 311 g/mol. The molecule has 0 aliphatic carbocycles. The van der Waals surface area contributed by atoms with E-state index in [0.29, 0.717) is 11.3 Å². The molecule has 0 aromatic heterocycles. The van der Waals surface area contributed by atoms with E-state index in [1.54, 1.807) is 31.2 Å². The molecule has 23 heavy (non-hydrogen) atoms. The van der Waals surface area contributed by atoms with Gasteiger partial charge in [0.1, 0.15) is 5.75 Å². The molecule has 0 bridgehead atoms. The molecule has 0 saturated heterocycles. The third-order valence-corrected chi connectivity index (χ3v) is 3.61. The molecular formula is C19H21NO3. The molecule has 1 amide bonds. The third kappa shape index (κ3) is 4.19. The van der Waals surface area contributed by atoms with E-state index in [1.165, 1.54) is 6.92 Å². The molecule has 0 radical (unpaired) electrons. The molecule has 0 fully saturated rings. The predicted molar refractivity (Wildman–Crippen MR) is 91.1 cm³/mol. The molecule has 1 unspecified atom stereocenters. The van der Waals surface area contributed by atoms with E-state index in [2.05, 4.69) is 5.32 Å². The minimum absolute atomic E-state index is 0.0408. The van der Waals surface area contributed by atoms with Crippen LogP contribution in [0.25, 0.3) is 0 Å². The van der Waals surface area contributed by atoms with Crippen LogP contribution in [0.1, 0.15) is 35.3 Å². The van der Waals surface area contributed by atoms with Crippen LogP contribution in [-0.2, 0) is 4.79 Å². The lowest BCUT2D eigenvalue weighted by atomic mass is 10.1. The number of ether oxygens (including phenoxy) is 1. The third-order valence-electron chi connectivity index (χ3n) is 3.61. The van der Waals surface area contributed by atoms with Crippen molar-refractivity contribution in [2.45, 2.75) is 33.8 Å². The molecule has 120 valence electrons. The lowest BCUT2D eigenvalue weighted by molar-refractivity contribution is -0.122. The summed E-state index contributed by atoms with van der Waals surface area (Å²) < 4.78 is 5.81. The molecule has 1 N–H and O–H groups in total. The van der Waals surface area contributed by atoms with Gasteiger partial charge < -0.3 is 10.1 Å². The molecule has 0 aliphatic heterocycles. The first-order valence-electron chi connectivity index (χ1n) is 7.53. The highest BCUT2D eigenvalue weighted by atomic mass is 16.5. The summed E-state index contributed by atoms with van der Waals surface area (Å²) in [4.78, 5) is 23.7. The van der Waals surface area contributed by atoms with Gasteiger partial charge >= 0.3 is 0 Å². The second-order valence-corrected chi connectivity index (χ2v) is 5.61. The van der Waals surface area contributed by atoms with Crippen LogP contribution in [0.15, 0.2) is 42.5 Å². The number of carbonyl (C=O) groups excluding carboxylic acids is 2. The Labute approximate surface area is 136 Å². The van der Waals surface area contributed by atoms with E-state index in [1.807, 2.05) is 32.0 Å². The van der Waals surface area contributed by atoms with Gasteiger partial charge in [0.15, 0.2) is 11.9 Å². The topological polar surface area (TPSA) is 55.4 Å². The molecule has 0 heterocycles. The van der Waals surface area contributed by atoms with Crippen LogP contribution in [0.4, 0.5) is 5.69 Å². The number of ketones is 1. The zero-order valence-electron chi connectivity index (χ0n) is 13.8. The summed E-state index contributed by atoms with van der Waals surface area (Å²) in [6, 6.07) is 12.7. The molecule has 4 nitrogen and oxygen atoms in total. The summed E-state index contributed by atoms with van der Waals surface area (Å²) in [5, 5.41) is 2.78. The van der Waals surface area contributed by atoms with Gasteiger partial charge in [0.25, 0.3) is 5.91 Å². The molecular weight excluding hydrogens is 290 g/mol. The zero-order chi connectivity index (χ0) is 17.0. The number of carbonyl (C=O) groups is 2. The lowest BCUT2D eigenvalue weighted by Gasteiger charge is -2.18. The van der Waals surface area contributed by atoms with Gasteiger partial charge in [-0.15, -0.1) is 0 Å². The van der Waals surface area contributed by atoms with E-state index in [-0.39, 0.29) is 11.7 Å². The Balaban J connectivity index is 2.08. The number of rotatable bonds is 5.